The number of ketones is 1. The van der Waals surface area contributed by atoms with Gasteiger partial charge in [0.1, 0.15) is 17.6 Å². The van der Waals surface area contributed by atoms with Crippen molar-refractivity contribution >= 4 is 23.4 Å². The zero-order valence-electron chi connectivity index (χ0n) is 18.0. The maximum Gasteiger partial charge on any atom is 0.267 e. The molecule has 1 aromatic heterocycles. The standard InChI is InChI=1S/C22H30F2N4O3/c1-14(2)18(29)4-3-10-28-11-9-16(22(23,24)13-28)15-5-7-19(25-12-15)26-17-6-8-20(30)27-21(17)31/h5,7,12,14,16-17H,3-4,6,8-11,13H2,1-2H3,(H,25,26)(H,27,30,31). The number of carbonyl (C=O) groups excluding carboxylic acids is 3. The Kier molecular flexibility index (Phi) is 7.35. The zero-order valence-corrected chi connectivity index (χ0v) is 18.0. The van der Waals surface area contributed by atoms with E-state index in [1.165, 1.54) is 6.20 Å². The first-order valence-corrected chi connectivity index (χ1v) is 10.8. The first kappa shape index (κ1) is 23.2. The molecule has 1 aromatic rings. The van der Waals surface area contributed by atoms with Gasteiger partial charge in [0.05, 0.1) is 12.5 Å². The number of rotatable bonds is 8. The number of Topliss-reactive ketones (excluding diaryl/α,β-unsaturated/α-hetero) is 1. The van der Waals surface area contributed by atoms with Crippen LogP contribution in [-0.2, 0) is 14.4 Å². The molecular formula is C22H30F2N4O3. The van der Waals surface area contributed by atoms with E-state index in [0.717, 1.165) is 0 Å². The molecule has 170 valence electrons. The van der Waals surface area contributed by atoms with Crippen molar-refractivity contribution in [2.45, 2.75) is 63.8 Å². The molecule has 2 N–H and O–H groups in total. The lowest BCUT2D eigenvalue weighted by Crippen LogP contribution is -2.48. The van der Waals surface area contributed by atoms with Crippen LogP contribution in [0.2, 0.25) is 0 Å². The molecular weight excluding hydrogens is 406 g/mol. The minimum absolute atomic E-state index is 0.0212. The monoisotopic (exact) mass is 436 g/mol. The highest BCUT2D eigenvalue weighted by molar-refractivity contribution is 6.01. The summed E-state index contributed by atoms with van der Waals surface area (Å²) in [5, 5.41) is 5.21. The molecule has 3 rings (SSSR count). The molecule has 0 aliphatic carbocycles. The fraction of sp³-hybridized carbons (Fsp3) is 0.636. The fourth-order valence-electron chi connectivity index (χ4n) is 4.08. The minimum Gasteiger partial charge on any atom is -0.358 e. The van der Waals surface area contributed by atoms with Gasteiger partial charge >= 0.3 is 0 Å². The number of imide groups is 1. The number of piperidine rings is 2. The van der Waals surface area contributed by atoms with Gasteiger partial charge in [-0.05, 0) is 44.0 Å². The Balaban J connectivity index is 1.54. The summed E-state index contributed by atoms with van der Waals surface area (Å²) in [5.41, 5.74) is 0.466. The molecule has 2 aliphatic heterocycles. The van der Waals surface area contributed by atoms with Gasteiger partial charge in [0.2, 0.25) is 11.8 Å². The van der Waals surface area contributed by atoms with E-state index in [1.54, 1.807) is 17.0 Å². The molecule has 0 aromatic carbocycles. The molecule has 2 saturated heterocycles. The molecule has 2 amide bonds. The summed E-state index contributed by atoms with van der Waals surface area (Å²) < 4.78 is 29.7. The van der Waals surface area contributed by atoms with Gasteiger partial charge in [-0.2, -0.15) is 0 Å². The second-order valence-corrected chi connectivity index (χ2v) is 8.73. The fourth-order valence-corrected chi connectivity index (χ4v) is 4.08. The van der Waals surface area contributed by atoms with Gasteiger partial charge in [0.15, 0.2) is 0 Å². The Labute approximate surface area is 181 Å². The van der Waals surface area contributed by atoms with Crippen LogP contribution in [0.25, 0.3) is 0 Å². The third kappa shape index (κ3) is 6.06. The van der Waals surface area contributed by atoms with Crippen molar-refractivity contribution in [1.82, 2.24) is 15.2 Å². The van der Waals surface area contributed by atoms with Gasteiger partial charge in [-0.1, -0.05) is 19.9 Å². The highest BCUT2D eigenvalue weighted by Crippen LogP contribution is 2.40. The number of anilines is 1. The first-order chi connectivity index (χ1) is 14.7. The number of amides is 2. The predicted octanol–water partition coefficient (Wildman–Crippen LogP) is 2.73. The largest absolute Gasteiger partial charge is 0.358 e. The molecule has 0 saturated carbocycles. The highest BCUT2D eigenvalue weighted by atomic mass is 19.3. The van der Waals surface area contributed by atoms with Crippen LogP contribution in [-0.4, -0.2) is 59.1 Å². The summed E-state index contributed by atoms with van der Waals surface area (Å²) in [6.07, 6.45) is 3.39. The normalized spacial score (nSPS) is 24.2. The summed E-state index contributed by atoms with van der Waals surface area (Å²) >= 11 is 0. The van der Waals surface area contributed by atoms with E-state index in [1.807, 2.05) is 13.8 Å². The topological polar surface area (TPSA) is 91.4 Å². The van der Waals surface area contributed by atoms with Gasteiger partial charge in [0.25, 0.3) is 5.92 Å². The van der Waals surface area contributed by atoms with Gasteiger partial charge in [-0.15, -0.1) is 0 Å². The molecule has 2 aliphatic rings. The zero-order chi connectivity index (χ0) is 22.6. The molecule has 0 spiro atoms. The number of carbonyl (C=O) groups is 3. The number of likely N-dealkylation sites (tertiary alicyclic amines) is 1. The highest BCUT2D eigenvalue weighted by Gasteiger charge is 2.45. The smallest absolute Gasteiger partial charge is 0.267 e. The average Bonchev–Trinajstić information content (AvgIpc) is 2.70. The Hall–Kier alpha value is -2.42. The number of alkyl halides is 2. The number of halogens is 2. The van der Waals surface area contributed by atoms with Crippen LogP contribution in [0.1, 0.15) is 57.4 Å². The van der Waals surface area contributed by atoms with Crippen molar-refractivity contribution in [2.75, 3.05) is 25.0 Å². The maximum atomic E-state index is 14.8. The van der Waals surface area contributed by atoms with E-state index in [0.29, 0.717) is 50.2 Å². The molecule has 0 radical (unpaired) electrons. The van der Waals surface area contributed by atoms with E-state index < -0.39 is 23.8 Å². The molecule has 7 nitrogen and oxygen atoms in total. The molecule has 2 unspecified atom stereocenters. The van der Waals surface area contributed by atoms with Crippen LogP contribution in [0.4, 0.5) is 14.6 Å². The van der Waals surface area contributed by atoms with Crippen LogP contribution in [0.3, 0.4) is 0 Å². The molecule has 2 atom stereocenters. The van der Waals surface area contributed by atoms with Gasteiger partial charge in [-0.3, -0.25) is 24.6 Å². The van der Waals surface area contributed by atoms with E-state index in [4.69, 9.17) is 0 Å². The number of nitrogens with zero attached hydrogens (tertiary/aromatic N) is 2. The van der Waals surface area contributed by atoms with Gasteiger partial charge in [-0.25, -0.2) is 13.8 Å². The van der Waals surface area contributed by atoms with Crippen molar-refractivity contribution in [3.05, 3.63) is 23.9 Å². The third-order valence-corrected chi connectivity index (χ3v) is 5.97. The molecule has 31 heavy (non-hydrogen) atoms. The van der Waals surface area contributed by atoms with Gasteiger partial charge < -0.3 is 5.32 Å². The Morgan fingerprint density at radius 2 is 2.10 bits per heavy atom. The second kappa shape index (κ2) is 9.80. The first-order valence-electron chi connectivity index (χ1n) is 10.8. The number of nitrogens with one attached hydrogen (secondary N) is 2. The lowest BCUT2D eigenvalue weighted by Gasteiger charge is -2.38. The maximum absolute atomic E-state index is 14.8. The second-order valence-electron chi connectivity index (χ2n) is 8.73. The summed E-state index contributed by atoms with van der Waals surface area (Å²) in [5.74, 6) is -3.96. The lowest BCUT2D eigenvalue weighted by atomic mass is 9.87. The lowest BCUT2D eigenvalue weighted by molar-refractivity contribution is -0.133. The summed E-state index contributed by atoms with van der Waals surface area (Å²) in [4.78, 5) is 40.7. The number of hydrogen-bond donors (Lipinski definition) is 2. The minimum atomic E-state index is -2.89. The average molecular weight is 437 g/mol. The Morgan fingerprint density at radius 1 is 1.32 bits per heavy atom. The third-order valence-electron chi connectivity index (χ3n) is 5.97. The summed E-state index contributed by atoms with van der Waals surface area (Å²) in [6.45, 7) is 4.41. The van der Waals surface area contributed by atoms with Crippen LogP contribution in [0, 0.1) is 5.92 Å². The van der Waals surface area contributed by atoms with Crippen molar-refractivity contribution in [2.24, 2.45) is 5.92 Å². The quantitative estimate of drug-likeness (QED) is 0.609. The summed E-state index contributed by atoms with van der Waals surface area (Å²) in [6, 6.07) is 2.65. The van der Waals surface area contributed by atoms with E-state index in [-0.39, 0.29) is 30.6 Å². The van der Waals surface area contributed by atoms with Crippen LogP contribution < -0.4 is 10.6 Å². The Morgan fingerprint density at radius 3 is 2.71 bits per heavy atom. The summed E-state index contributed by atoms with van der Waals surface area (Å²) in [7, 11) is 0. The molecule has 3 heterocycles. The number of hydrogen-bond acceptors (Lipinski definition) is 6. The van der Waals surface area contributed by atoms with Crippen molar-refractivity contribution < 1.29 is 23.2 Å². The van der Waals surface area contributed by atoms with Crippen LogP contribution >= 0.6 is 0 Å². The van der Waals surface area contributed by atoms with Gasteiger partial charge in [0, 0.05) is 25.0 Å². The molecule has 0 bridgehead atoms. The molecule has 2 fully saturated rings. The van der Waals surface area contributed by atoms with Crippen LogP contribution in [0.5, 0.6) is 0 Å². The number of aromatic nitrogens is 1. The molecule has 9 heteroatoms. The van der Waals surface area contributed by atoms with Crippen molar-refractivity contribution in [3.63, 3.8) is 0 Å². The predicted molar refractivity (Wildman–Crippen MR) is 112 cm³/mol. The van der Waals surface area contributed by atoms with E-state index in [2.05, 4.69) is 15.6 Å². The Bertz CT molecular complexity index is 813. The SMILES string of the molecule is CC(C)C(=O)CCCN1CCC(c2ccc(NC3CCC(=O)NC3=O)nc2)C(F)(F)C1. The van der Waals surface area contributed by atoms with E-state index >= 15 is 0 Å². The van der Waals surface area contributed by atoms with Crippen molar-refractivity contribution in [1.29, 1.82) is 0 Å². The van der Waals surface area contributed by atoms with Crippen molar-refractivity contribution in [3.8, 4) is 0 Å². The van der Waals surface area contributed by atoms with Crippen LogP contribution in [0.15, 0.2) is 18.3 Å². The number of pyridine rings is 1. The van der Waals surface area contributed by atoms with E-state index in [9.17, 15) is 23.2 Å².